The number of nitrogens with one attached hydrogen (secondary N) is 2. The van der Waals surface area contributed by atoms with Crippen molar-refractivity contribution in [1.29, 1.82) is 0 Å². The van der Waals surface area contributed by atoms with E-state index in [2.05, 4.69) is 15.5 Å². The van der Waals surface area contributed by atoms with Crippen LogP contribution in [0.1, 0.15) is 35.7 Å². The first-order valence-electron chi connectivity index (χ1n) is 4.72. The molecule has 3 rings (SSSR count). The molecule has 0 amide bonds. The lowest BCUT2D eigenvalue weighted by Crippen LogP contribution is -2.23. The molecule has 0 radical (unpaired) electrons. The van der Waals surface area contributed by atoms with Crippen LogP contribution in [0.2, 0.25) is 0 Å². The van der Waals surface area contributed by atoms with Gasteiger partial charge in [-0.05, 0) is 12.8 Å². The minimum atomic E-state index is 0.782. The van der Waals surface area contributed by atoms with Crippen molar-refractivity contribution < 1.29 is 0 Å². The maximum absolute atomic E-state index is 4.39. The van der Waals surface area contributed by atoms with Crippen molar-refractivity contribution in [2.24, 2.45) is 0 Å². The third-order valence-corrected chi connectivity index (χ3v) is 2.80. The number of H-pyrrole nitrogens is 1. The van der Waals surface area contributed by atoms with E-state index in [1.54, 1.807) is 0 Å². The standard InChI is InChI=1S/C9H13N3/c1-2-6(1)9-7-5-10-4-3-8(7)11-12-9/h6,10H,1-5H2,(H,11,12). The summed E-state index contributed by atoms with van der Waals surface area (Å²) in [4.78, 5) is 0. The number of aromatic amines is 1. The van der Waals surface area contributed by atoms with Gasteiger partial charge in [-0.1, -0.05) is 0 Å². The first-order chi connectivity index (χ1) is 5.95. The highest BCUT2D eigenvalue weighted by molar-refractivity contribution is 5.32. The molecular weight excluding hydrogens is 150 g/mol. The molecule has 2 N–H and O–H groups in total. The molecule has 2 heterocycles. The first kappa shape index (κ1) is 6.66. The van der Waals surface area contributed by atoms with Gasteiger partial charge >= 0.3 is 0 Å². The Morgan fingerprint density at radius 3 is 3.08 bits per heavy atom. The fourth-order valence-electron chi connectivity index (χ4n) is 1.94. The van der Waals surface area contributed by atoms with E-state index in [1.807, 2.05) is 0 Å². The largest absolute Gasteiger partial charge is 0.312 e. The highest BCUT2D eigenvalue weighted by Crippen LogP contribution is 2.41. The summed E-state index contributed by atoms with van der Waals surface area (Å²) >= 11 is 0. The van der Waals surface area contributed by atoms with Gasteiger partial charge in [-0.2, -0.15) is 5.10 Å². The predicted molar refractivity (Wildman–Crippen MR) is 46.0 cm³/mol. The van der Waals surface area contributed by atoms with Crippen LogP contribution in [0.4, 0.5) is 0 Å². The highest BCUT2D eigenvalue weighted by atomic mass is 15.1. The number of rotatable bonds is 1. The number of hydrogen-bond donors (Lipinski definition) is 2. The number of hydrogen-bond acceptors (Lipinski definition) is 2. The van der Waals surface area contributed by atoms with Gasteiger partial charge in [-0.25, -0.2) is 0 Å². The van der Waals surface area contributed by atoms with Crippen LogP contribution < -0.4 is 5.32 Å². The van der Waals surface area contributed by atoms with Crippen molar-refractivity contribution in [2.45, 2.75) is 31.7 Å². The molecule has 0 unspecified atom stereocenters. The van der Waals surface area contributed by atoms with Crippen molar-refractivity contribution in [3.63, 3.8) is 0 Å². The van der Waals surface area contributed by atoms with Gasteiger partial charge in [0.25, 0.3) is 0 Å². The van der Waals surface area contributed by atoms with E-state index < -0.39 is 0 Å². The normalized spacial score (nSPS) is 22.3. The second kappa shape index (κ2) is 2.33. The zero-order valence-electron chi connectivity index (χ0n) is 7.06. The molecule has 2 aliphatic rings. The number of aromatic nitrogens is 2. The summed E-state index contributed by atoms with van der Waals surface area (Å²) in [6.07, 6.45) is 3.81. The van der Waals surface area contributed by atoms with Crippen LogP contribution in [-0.4, -0.2) is 16.7 Å². The lowest BCUT2D eigenvalue weighted by atomic mass is 10.1. The molecule has 1 saturated carbocycles. The zero-order chi connectivity index (χ0) is 7.97. The topological polar surface area (TPSA) is 40.7 Å². The summed E-state index contributed by atoms with van der Waals surface area (Å²) in [6, 6.07) is 0. The van der Waals surface area contributed by atoms with Crippen molar-refractivity contribution in [1.82, 2.24) is 15.5 Å². The monoisotopic (exact) mass is 163 g/mol. The van der Waals surface area contributed by atoms with Gasteiger partial charge in [-0.3, -0.25) is 5.10 Å². The summed E-state index contributed by atoms with van der Waals surface area (Å²) in [6.45, 7) is 2.12. The fourth-order valence-corrected chi connectivity index (χ4v) is 1.94. The summed E-state index contributed by atoms with van der Waals surface area (Å²) in [5.74, 6) is 0.782. The second-order valence-corrected chi connectivity index (χ2v) is 3.77. The van der Waals surface area contributed by atoms with E-state index in [-0.39, 0.29) is 0 Å². The third-order valence-electron chi connectivity index (χ3n) is 2.80. The van der Waals surface area contributed by atoms with Gasteiger partial charge < -0.3 is 5.32 Å². The van der Waals surface area contributed by atoms with Crippen LogP contribution in [0.25, 0.3) is 0 Å². The summed E-state index contributed by atoms with van der Waals surface area (Å²) < 4.78 is 0. The Kier molecular flexibility index (Phi) is 1.29. The van der Waals surface area contributed by atoms with E-state index in [4.69, 9.17) is 0 Å². The quantitative estimate of drug-likeness (QED) is 0.646. The SMILES string of the molecule is C1Cc2[nH]nc(C3CC3)c2CN1. The summed E-state index contributed by atoms with van der Waals surface area (Å²) in [7, 11) is 0. The lowest BCUT2D eigenvalue weighted by molar-refractivity contribution is 0.634. The maximum Gasteiger partial charge on any atom is 0.0700 e. The van der Waals surface area contributed by atoms with Crippen LogP contribution in [0.5, 0.6) is 0 Å². The van der Waals surface area contributed by atoms with Crippen LogP contribution >= 0.6 is 0 Å². The molecule has 1 aromatic rings. The van der Waals surface area contributed by atoms with E-state index in [1.165, 1.54) is 29.8 Å². The Balaban J connectivity index is 2.03. The van der Waals surface area contributed by atoms with Gasteiger partial charge in [0.2, 0.25) is 0 Å². The Bertz CT molecular complexity index is 299. The molecule has 0 bridgehead atoms. The van der Waals surface area contributed by atoms with Crippen LogP contribution in [0.3, 0.4) is 0 Å². The van der Waals surface area contributed by atoms with Crippen molar-refractivity contribution in [2.75, 3.05) is 6.54 Å². The zero-order valence-corrected chi connectivity index (χ0v) is 7.06. The van der Waals surface area contributed by atoms with Crippen LogP contribution in [0, 0.1) is 0 Å². The van der Waals surface area contributed by atoms with E-state index >= 15 is 0 Å². The molecule has 3 heteroatoms. The predicted octanol–water partition coefficient (Wildman–Crippen LogP) is 0.933. The summed E-state index contributed by atoms with van der Waals surface area (Å²) in [5.41, 5.74) is 4.18. The summed E-state index contributed by atoms with van der Waals surface area (Å²) in [5, 5.41) is 10.9. The molecule has 1 aliphatic heterocycles. The molecule has 0 aromatic carbocycles. The Morgan fingerprint density at radius 2 is 2.25 bits per heavy atom. The van der Waals surface area contributed by atoms with Gasteiger partial charge in [-0.15, -0.1) is 0 Å². The molecule has 64 valence electrons. The van der Waals surface area contributed by atoms with Crippen molar-refractivity contribution in [3.05, 3.63) is 17.0 Å². The Hall–Kier alpha value is -0.830. The Morgan fingerprint density at radius 1 is 1.33 bits per heavy atom. The second-order valence-electron chi connectivity index (χ2n) is 3.77. The molecule has 3 nitrogen and oxygen atoms in total. The third kappa shape index (κ3) is 0.894. The smallest absolute Gasteiger partial charge is 0.0700 e. The van der Waals surface area contributed by atoms with E-state index in [0.717, 1.165) is 25.4 Å². The first-order valence-corrected chi connectivity index (χ1v) is 4.72. The molecule has 0 spiro atoms. The number of nitrogens with zero attached hydrogens (tertiary/aromatic N) is 1. The van der Waals surface area contributed by atoms with Crippen molar-refractivity contribution >= 4 is 0 Å². The van der Waals surface area contributed by atoms with Crippen LogP contribution in [0.15, 0.2) is 0 Å². The van der Waals surface area contributed by atoms with Crippen LogP contribution in [-0.2, 0) is 13.0 Å². The van der Waals surface area contributed by atoms with E-state index in [9.17, 15) is 0 Å². The molecular formula is C9H13N3. The number of fused-ring (bicyclic) bond motifs is 1. The minimum Gasteiger partial charge on any atom is -0.312 e. The molecule has 1 aromatic heterocycles. The average molecular weight is 163 g/mol. The van der Waals surface area contributed by atoms with Gasteiger partial charge in [0, 0.05) is 36.7 Å². The molecule has 1 aliphatic carbocycles. The van der Waals surface area contributed by atoms with Gasteiger partial charge in [0.1, 0.15) is 0 Å². The molecule has 0 saturated heterocycles. The molecule has 12 heavy (non-hydrogen) atoms. The highest BCUT2D eigenvalue weighted by Gasteiger charge is 2.30. The van der Waals surface area contributed by atoms with E-state index in [0.29, 0.717) is 0 Å². The molecule has 0 atom stereocenters. The minimum absolute atomic E-state index is 0.782. The van der Waals surface area contributed by atoms with Gasteiger partial charge in [0.15, 0.2) is 0 Å². The molecule has 1 fully saturated rings. The lowest BCUT2D eigenvalue weighted by Gasteiger charge is -2.12. The van der Waals surface area contributed by atoms with Crippen molar-refractivity contribution in [3.8, 4) is 0 Å². The van der Waals surface area contributed by atoms with Gasteiger partial charge in [0.05, 0.1) is 5.69 Å². The maximum atomic E-state index is 4.39. The Labute approximate surface area is 71.6 Å². The average Bonchev–Trinajstić information content (AvgIpc) is 2.86. The fraction of sp³-hybridized carbons (Fsp3) is 0.667.